The predicted molar refractivity (Wildman–Crippen MR) is 85.2 cm³/mol. The van der Waals surface area contributed by atoms with Crippen LogP contribution in [-0.4, -0.2) is 66.1 Å². The number of hydrogen-bond acceptors (Lipinski definition) is 6. The van der Waals surface area contributed by atoms with Gasteiger partial charge in [-0.2, -0.15) is 5.10 Å². The minimum atomic E-state index is -0.239. The zero-order chi connectivity index (χ0) is 16.3. The molecular formula is C16H24N4O3. The molecule has 0 saturated carbocycles. The Labute approximate surface area is 136 Å². The summed E-state index contributed by atoms with van der Waals surface area (Å²) in [6, 6.07) is 4.07. The van der Waals surface area contributed by atoms with Gasteiger partial charge in [0.15, 0.2) is 0 Å². The molecule has 0 aromatic carbocycles. The summed E-state index contributed by atoms with van der Waals surface area (Å²) in [7, 11) is 1.55. The van der Waals surface area contributed by atoms with Crippen LogP contribution < -0.4 is 5.32 Å². The number of methoxy groups -OCH3 is 1. The first kappa shape index (κ1) is 16.1. The molecule has 0 aliphatic carbocycles. The smallest absolute Gasteiger partial charge is 0.248 e. The lowest BCUT2D eigenvalue weighted by molar-refractivity contribution is -0.143. The van der Waals surface area contributed by atoms with Crippen LogP contribution in [0.1, 0.15) is 25.0 Å². The standard InChI is InChI=1S/C16H24N4O3/c1-12-4-5-14(19-18-12)17-13-8-16(23-9-13)6-3-7-20(11-16)15(21)10-22-2/h4-5,13H,3,6-11H2,1-2H3,(H,17,19)/t13-,16+/m0/s1. The molecule has 1 aromatic rings. The SMILES string of the molecule is COCC(=O)N1CCC[C@@]2(C[C@H](Nc3ccc(C)nn3)CO2)C1. The molecule has 0 bridgehead atoms. The third kappa shape index (κ3) is 3.79. The highest BCUT2D eigenvalue weighted by Crippen LogP contribution is 2.35. The Morgan fingerprint density at radius 3 is 3.13 bits per heavy atom. The summed E-state index contributed by atoms with van der Waals surface area (Å²) in [6.45, 7) is 4.11. The van der Waals surface area contributed by atoms with E-state index in [1.54, 1.807) is 7.11 Å². The number of piperidine rings is 1. The summed E-state index contributed by atoms with van der Waals surface area (Å²) in [5.41, 5.74) is 0.659. The lowest BCUT2D eigenvalue weighted by atomic mass is 9.88. The fourth-order valence-corrected chi connectivity index (χ4v) is 3.43. The largest absolute Gasteiger partial charge is 0.375 e. The normalized spacial score (nSPS) is 27.4. The Balaban J connectivity index is 1.59. The molecular weight excluding hydrogens is 296 g/mol. The zero-order valence-corrected chi connectivity index (χ0v) is 13.7. The predicted octanol–water partition coefficient (Wildman–Crippen LogP) is 0.993. The average molecular weight is 320 g/mol. The van der Waals surface area contributed by atoms with Crippen molar-refractivity contribution in [3.05, 3.63) is 17.8 Å². The van der Waals surface area contributed by atoms with Crippen LogP contribution in [0, 0.1) is 6.92 Å². The second kappa shape index (κ2) is 6.80. The summed E-state index contributed by atoms with van der Waals surface area (Å²) >= 11 is 0. The fourth-order valence-electron chi connectivity index (χ4n) is 3.43. The van der Waals surface area contributed by atoms with Crippen molar-refractivity contribution in [3.63, 3.8) is 0 Å². The molecule has 23 heavy (non-hydrogen) atoms. The first-order valence-corrected chi connectivity index (χ1v) is 8.08. The van der Waals surface area contributed by atoms with Crippen molar-refractivity contribution in [2.24, 2.45) is 0 Å². The molecule has 0 radical (unpaired) electrons. The molecule has 2 saturated heterocycles. The Morgan fingerprint density at radius 1 is 1.52 bits per heavy atom. The second-order valence-corrected chi connectivity index (χ2v) is 6.45. The number of hydrogen-bond donors (Lipinski definition) is 1. The lowest BCUT2D eigenvalue weighted by Gasteiger charge is -2.39. The van der Waals surface area contributed by atoms with E-state index < -0.39 is 0 Å². The number of anilines is 1. The number of rotatable bonds is 4. The van der Waals surface area contributed by atoms with E-state index in [0.717, 1.165) is 37.3 Å². The van der Waals surface area contributed by atoms with Crippen molar-refractivity contribution >= 4 is 11.7 Å². The van der Waals surface area contributed by atoms with E-state index in [0.29, 0.717) is 13.2 Å². The van der Waals surface area contributed by atoms with Gasteiger partial charge in [-0.25, -0.2) is 0 Å². The minimum absolute atomic E-state index is 0.0379. The van der Waals surface area contributed by atoms with Crippen molar-refractivity contribution in [1.82, 2.24) is 15.1 Å². The molecule has 126 valence electrons. The van der Waals surface area contributed by atoms with Crippen molar-refractivity contribution in [1.29, 1.82) is 0 Å². The summed E-state index contributed by atoms with van der Waals surface area (Å²) in [4.78, 5) is 13.9. The maximum Gasteiger partial charge on any atom is 0.248 e. The Bertz CT molecular complexity index is 551. The molecule has 7 nitrogen and oxygen atoms in total. The van der Waals surface area contributed by atoms with Gasteiger partial charge in [-0.05, 0) is 31.9 Å². The summed E-state index contributed by atoms with van der Waals surface area (Å²) in [5, 5.41) is 11.6. The first-order valence-electron chi connectivity index (χ1n) is 8.08. The molecule has 1 spiro atoms. The van der Waals surface area contributed by atoms with Crippen LogP contribution in [0.15, 0.2) is 12.1 Å². The van der Waals surface area contributed by atoms with Crippen LogP contribution in [0.25, 0.3) is 0 Å². The molecule has 1 N–H and O–H groups in total. The topological polar surface area (TPSA) is 76.6 Å². The van der Waals surface area contributed by atoms with Gasteiger partial charge in [0, 0.05) is 26.6 Å². The van der Waals surface area contributed by atoms with Crippen molar-refractivity contribution in [2.75, 3.05) is 38.7 Å². The molecule has 2 aliphatic rings. The maximum atomic E-state index is 12.1. The number of amides is 1. The van der Waals surface area contributed by atoms with Gasteiger partial charge in [-0.1, -0.05) is 0 Å². The number of nitrogens with one attached hydrogen (secondary N) is 1. The van der Waals surface area contributed by atoms with Gasteiger partial charge in [0.1, 0.15) is 12.4 Å². The number of carbonyl (C=O) groups excluding carboxylic acids is 1. The molecule has 2 atom stereocenters. The van der Waals surface area contributed by atoms with Gasteiger partial charge in [0.25, 0.3) is 0 Å². The van der Waals surface area contributed by atoms with E-state index in [1.807, 2.05) is 24.0 Å². The third-order valence-corrected chi connectivity index (χ3v) is 4.52. The molecule has 2 aliphatic heterocycles. The Morgan fingerprint density at radius 2 is 2.39 bits per heavy atom. The van der Waals surface area contributed by atoms with Gasteiger partial charge in [0.2, 0.25) is 5.91 Å². The highest BCUT2D eigenvalue weighted by Gasteiger charge is 2.44. The lowest BCUT2D eigenvalue weighted by Crippen LogP contribution is -2.51. The van der Waals surface area contributed by atoms with E-state index in [9.17, 15) is 4.79 Å². The quantitative estimate of drug-likeness (QED) is 0.892. The van der Waals surface area contributed by atoms with Gasteiger partial charge in [0.05, 0.1) is 23.9 Å². The number of nitrogens with zero attached hydrogens (tertiary/aromatic N) is 3. The highest BCUT2D eigenvalue weighted by molar-refractivity contribution is 5.77. The van der Waals surface area contributed by atoms with Gasteiger partial charge in [-0.15, -0.1) is 5.10 Å². The molecule has 2 fully saturated rings. The first-order chi connectivity index (χ1) is 11.1. The fraction of sp³-hybridized carbons (Fsp3) is 0.688. The number of carbonyl (C=O) groups is 1. The minimum Gasteiger partial charge on any atom is -0.375 e. The van der Waals surface area contributed by atoms with Crippen LogP contribution in [0.3, 0.4) is 0 Å². The third-order valence-electron chi connectivity index (χ3n) is 4.52. The van der Waals surface area contributed by atoms with Crippen LogP contribution in [0.2, 0.25) is 0 Å². The van der Waals surface area contributed by atoms with Crippen molar-refractivity contribution < 1.29 is 14.3 Å². The Hall–Kier alpha value is -1.73. The number of aryl methyl sites for hydroxylation is 1. The summed E-state index contributed by atoms with van der Waals surface area (Å²) in [6.07, 6.45) is 2.83. The van der Waals surface area contributed by atoms with Crippen LogP contribution >= 0.6 is 0 Å². The number of aromatic nitrogens is 2. The van der Waals surface area contributed by atoms with E-state index in [1.165, 1.54) is 0 Å². The summed E-state index contributed by atoms with van der Waals surface area (Å²) < 4.78 is 11.1. The van der Waals surface area contributed by atoms with Crippen LogP contribution in [-0.2, 0) is 14.3 Å². The second-order valence-electron chi connectivity index (χ2n) is 6.45. The van der Waals surface area contributed by atoms with Gasteiger partial charge in [-0.3, -0.25) is 4.79 Å². The van der Waals surface area contributed by atoms with E-state index in [2.05, 4.69) is 15.5 Å². The number of ether oxygens (including phenoxy) is 2. The molecule has 3 rings (SSSR count). The molecule has 1 amide bonds. The van der Waals surface area contributed by atoms with E-state index in [4.69, 9.17) is 9.47 Å². The number of likely N-dealkylation sites (tertiary alicyclic amines) is 1. The van der Waals surface area contributed by atoms with Crippen LogP contribution in [0.4, 0.5) is 5.82 Å². The van der Waals surface area contributed by atoms with Gasteiger partial charge >= 0.3 is 0 Å². The average Bonchev–Trinajstić information content (AvgIpc) is 2.92. The van der Waals surface area contributed by atoms with E-state index in [-0.39, 0.29) is 24.2 Å². The maximum absolute atomic E-state index is 12.1. The summed E-state index contributed by atoms with van der Waals surface area (Å²) in [5.74, 6) is 0.806. The van der Waals surface area contributed by atoms with Gasteiger partial charge < -0.3 is 19.7 Å². The molecule has 7 heteroatoms. The van der Waals surface area contributed by atoms with Crippen molar-refractivity contribution in [3.8, 4) is 0 Å². The molecule has 0 unspecified atom stereocenters. The Kier molecular flexibility index (Phi) is 4.77. The zero-order valence-electron chi connectivity index (χ0n) is 13.7. The monoisotopic (exact) mass is 320 g/mol. The molecule has 3 heterocycles. The van der Waals surface area contributed by atoms with E-state index >= 15 is 0 Å². The molecule has 1 aromatic heterocycles. The van der Waals surface area contributed by atoms with Crippen molar-refractivity contribution in [2.45, 2.75) is 37.8 Å². The highest BCUT2D eigenvalue weighted by atomic mass is 16.5. The van der Waals surface area contributed by atoms with Crippen LogP contribution in [0.5, 0.6) is 0 Å².